The lowest BCUT2D eigenvalue weighted by Crippen LogP contribution is -2.51. The molecule has 1 heterocycles. The predicted octanol–water partition coefficient (Wildman–Crippen LogP) is 1.33. The van der Waals surface area contributed by atoms with Gasteiger partial charge in [0.15, 0.2) is 0 Å². The van der Waals surface area contributed by atoms with E-state index in [0.717, 1.165) is 31.7 Å². The number of carbonyl (C=O) groups is 3. The first kappa shape index (κ1) is 20.6. The molecule has 1 aromatic rings. The Hall–Kier alpha value is -2.41. The number of hydrogen-bond donors (Lipinski definition) is 2. The molecule has 0 aliphatic carbocycles. The van der Waals surface area contributed by atoms with Crippen LogP contribution in [0.25, 0.3) is 0 Å². The summed E-state index contributed by atoms with van der Waals surface area (Å²) in [4.78, 5) is 34.9. The molecular formula is C18H26N2O5. The molecule has 0 saturated carbocycles. The minimum atomic E-state index is -1.82. The number of carboxylic acids is 2. The largest absolute Gasteiger partial charge is 0.473 e. The first-order valence-electron chi connectivity index (χ1n) is 8.37. The van der Waals surface area contributed by atoms with Crippen LogP contribution in [0.4, 0.5) is 0 Å². The Bertz CT molecular complexity index is 556. The van der Waals surface area contributed by atoms with Gasteiger partial charge in [-0.25, -0.2) is 9.59 Å². The number of carboxylic acid groups (broad SMARTS) is 2. The second kappa shape index (κ2) is 10.5. The third-order valence-electron chi connectivity index (χ3n) is 4.26. The van der Waals surface area contributed by atoms with Gasteiger partial charge in [0.25, 0.3) is 0 Å². The van der Waals surface area contributed by atoms with Crippen molar-refractivity contribution in [3.63, 3.8) is 0 Å². The molecule has 7 nitrogen and oxygen atoms in total. The summed E-state index contributed by atoms with van der Waals surface area (Å²) in [5.74, 6) is -3.39. The number of nitrogens with zero attached hydrogens (tertiary/aromatic N) is 2. The van der Waals surface area contributed by atoms with Gasteiger partial charge in [-0.1, -0.05) is 37.3 Å². The minimum absolute atomic E-state index is 0.259. The zero-order valence-electron chi connectivity index (χ0n) is 14.7. The van der Waals surface area contributed by atoms with Crippen molar-refractivity contribution in [2.75, 3.05) is 26.2 Å². The molecule has 0 radical (unpaired) electrons. The van der Waals surface area contributed by atoms with E-state index >= 15 is 0 Å². The lowest BCUT2D eigenvalue weighted by molar-refractivity contribution is -0.159. The Labute approximate surface area is 147 Å². The molecule has 1 aliphatic rings. The molecule has 2 N–H and O–H groups in total. The Balaban J connectivity index is 0.000000450. The third kappa shape index (κ3) is 7.34. The lowest BCUT2D eigenvalue weighted by atomic mass is 10.1. The molecular weight excluding hydrogens is 324 g/mol. The number of carbonyl (C=O) groups excluding carboxylic acids is 1. The van der Waals surface area contributed by atoms with Gasteiger partial charge in [0, 0.05) is 32.2 Å². The van der Waals surface area contributed by atoms with Gasteiger partial charge in [0.2, 0.25) is 5.91 Å². The van der Waals surface area contributed by atoms with Gasteiger partial charge in [-0.3, -0.25) is 9.69 Å². The van der Waals surface area contributed by atoms with Gasteiger partial charge >= 0.3 is 11.9 Å². The normalized spacial score (nSPS) is 15.7. The summed E-state index contributed by atoms with van der Waals surface area (Å²) in [6, 6.07) is 10.6. The minimum Gasteiger partial charge on any atom is -0.473 e. The molecule has 1 fully saturated rings. The topological polar surface area (TPSA) is 98.2 Å². The lowest BCUT2D eigenvalue weighted by Gasteiger charge is -2.37. The van der Waals surface area contributed by atoms with Crippen LogP contribution in [-0.2, 0) is 20.8 Å². The fourth-order valence-corrected chi connectivity index (χ4v) is 2.55. The first-order valence-corrected chi connectivity index (χ1v) is 8.37. The predicted molar refractivity (Wildman–Crippen MR) is 93.3 cm³/mol. The molecule has 0 aromatic heterocycles. The van der Waals surface area contributed by atoms with Crippen molar-refractivity contribution < 1.29 is 24.6 Å². The van der Waals surface area contributed by atoms with Gasteiger partial charge < -0.3 is 15.1 Å². The van der Waals surface area contributed by atoms with E-state index in [2.05, 4.69) is 18.7 Å². The van der Waals surface area contributed by atoms with Crippen LogP contribution in [0, 0.1) is 0 Å². The smallest absolute Gasteiger partial charge is 0.414 e. The average molecular weight is 350 g/mol. The number of piperazine rings is 1. The molecule has 0 bridgehead atoms. The fraction of sp³-hybridized carbons (Fsp3) is 0.500. The maximum Gasteiger partial charge on any atom is 0.414 e. The number of hydrogen-bond acceptors (Lipinski definition) is 4. The summed E-state index contributed by atoms with van der Waals surface area (Å²) in [6.45, 7) is 8.25. The van der Waals surface area contributed by atoms with E-state index in [4.69, 9.17) is 19.8 Å². The van der Waals surface area contributed by atoms with E-state index in [-0.39, 0.29) is 5.91 Å². The van der Waals surface area contributed by atoms with E-state index in [1.807, 2.05) is 35.2 Å². The quantitative estimate of drug-likeness (QED) is 0.795. The zero-order valence-corrected chi connectivity index (χ0v) is 14.7. The van der Waals surface area contributed by atoms with E-state index in [1.54, 1.807) is 0 Å². The van der Waals surface area contributed by atoms with Gasteiger partial charge in [-0.15, -0.1) is 0 Å². The second-order valence-electron chi connectivity index (χ2n) is 5.95. The summed E-state index contributed by atoms with van der Waals surface area (Å²) in [5, 5.41) is 14.8. The maximum atomic E-state index is 12.2. The summed E-state index contributed by atoms with van der Waals surface area (Å²) >= 11 is 0. The highest BCUT2D eigenvalue weighted by Gasteiger charge is 2.23. The highest BCUT2D eigenvalue weighted by Crippen LogP contribution is 2.10. The van der Waals surface area contributed by atoms with Crippen LogP contribution in [0.2, 0.25) is 0 Å². The fourth-order valence-electron chi connectivity index (χ4n) is 2.55. The van der Waals surface area contributed by atoms with Crippen molar-refractivity contribution in [3.05, 3.63) is 35.9 Å². The molecule has 1 atom stereocenters. The van der Waals surface area contributed by atoms with E-state index in [0.29, 0.717) is 12.5 Å². The summed E-state index contributed by atoms with van der Waals surface area (Å²) in [6.07, 6.45) is 1.71. The molecule has 7 heteroatoms. The third-order valence-corrected chi connectivity index (χ3v) is 4.26. The van der Waals surface area contributed by atoms with Crippen molar-refractivity contribution in [1.29, 1.82) is 0 Å². The Morgan fingerprint density at radius 1 is 1.00 bits per heavy atom. The monoisotopic (exact) mass is 350 g/mol. The average Bonchev–Trinajstić information content (AvgIpc) is 2.62. The molecule has 1 saturated heterocycles. The van der Waals surface area contributed by atoms with E-state index in [9.17, 15) is 4.79 Å². The van der Waals surface area contributed by atoms with Crippen LogP contribution in [0.1, 0.15) is 25.8 Å². The van der Waals surface area contributed by atoms with Crippen LogP contribution in [0.15, 0.2) is 30.3 Å². The van der Waals surface area contributed by atoms with Crippen LogP contribution in [0.5, 0.6) is 0 Å². The van der Waals surface area contributed by atoms with Crippen LogP contribution in [0.3, 0.4) is 0 Å². The Morgan fingerprint density at radius 2 is 1.52 bits per heavy atom. The number of amides is 1. The second-order valence-corrected chi connectivity index (χ2v) is 5.95. The highest BCUT2D eigenvalue weighted by molar-refractivity contribution is 6.27. The zero-order chi connectivity index (χ0) is 18.8. The van der Waals surface area contributed by atoms with Crippen molar-refractivity contribution >= 4 is 17.8 Å². The van der Waals surface area contributed by atoms with Crippen molar-refractivity contribution in [3.8, 4) is 0 Å². The molecule has 1 amide bonds. The molecule has 25 heavy (non-hydrogen) atoms. The van der Waals surface area contributed by atoms with Gasteiger partial charge in [-0.05, 0) is 18.9 Å². The van der Waals surface area contributed by atoms with Crippen LogP contribution < -0.4 is 0 Å². The maximum absolute atomic E-state index is 12.2. The van der Waals surface area contributed by atoms with Crippen LogP contribution in [-0.4, -0.2) is 70.1 Å². The summed E-state index contributed by atoms with van der Waals surface area (Å²) < 4.78 is 0. The van der Waals surface area contributed by atoms with Crippen LogP contribution >= 0.6 is 0 Å². The van der Waals surface area contributed by atoms with E-state index in [1.165, 1.54) is 6.42 Å². The number of aliphatic carboxylic acids is 2. The van der Waals surface area contributed by atoms with Gasteiger partial charge in [0.1, 0.15) is 0 Å². The number of rotatable bonds is 4. The number of benzene rings is 1. The molecule has 1 aromatic carbocycles. The van der Waals surface area contributed by atoms with Gasteiger partial charge in [0.05, 0.1) is 6.42 Å². The van der Waals surface area contributed by atoms with Crippen molar-refractivity contribution in [1.82, 2.24) is 9.80 Å². The molecule has 2 rings (SSSR count). The Morgan fingerprint density at radius 3 is 1.96 bits per heavy atom. The van der Waals surface area contributed by atoms with Crippen molar-refractivity contribution in [2.24, 2.45) is 0 Å². The van der Waals surface area contributed by atoms with Gasteiger partial charge in [-0.2, -0.15) is 0 Å². The SMILES string of the molecule is CCC(C)N1CCN(C(=O)Cc2ccccc2)CC1.O=C(O)C(=O)O. The summed E-state index contributed by atoms with van der Waals surface area (Å²) in [5.41, 5.74) is 1.11. The van der Waals surface area contributed by atoms with Crippen molar-refractivity contribution in [2.45, 2.75) is 32.7 Å². The standard InChI is InChI=1S/C16H24N2O.C2H2O4/c1-3-14(2)17-9-11-18(12-10-17)16(19)13-15-7-5-4-6-8-15;3-1(4)2(5)6/h4-8,14H,3,9-13H2,1-2H3;(H,3,4)(H,5,6). The van der Waals surface area contributed by atoms with E-state index < -0.39 is 11.9 Å². The Kier molecular flexibility index (Phi) is 8.63. The first-order chi connectivity index (χ1) is 11.8. The molecule has 0 spiro atoms. The molecule has 1 unspecified atom stereocenters. The molecule has 138 valence electrons. The molecule has 1 aliphatic heterocycles. The highest BCUT2D eigenvalue weighted by atomic mass is 16.4. The summed E-state index contributed by atoms with van der Waals surface area (Å²) in [7, 11) is 0.